The standard InChI is InChI=1S/C34H33Cl2FN10O5S2/c1-52-44-25(24-28(36)54-34(39)43-24)30(48)42-26-31(49)47-27(33(50)51)18(15-53-32(26)47)12-45-7-4-16-5-8-46(23(16)14-45)13-20-21(35)9-17(10-22(20)37)29(38)41-19-3-2-6-40-11-19/h4-5,7-10,14,19,26,32,40H,2-3,6,11-13,15H2,1H3,(H5-,38,39,41,42,43,48,50,51)/p+1/b44-25-/t19?,26-,32-/m1/s1. The van der Waals surface area contributed by atoms with Gasteiger partial charge in [0.15, 0.2) is 29.8 Å². The first-order valence-electron chi connectivity index (χ1n) is 16.7. The summed E-state index contributed by atoms with van der Waals surface area (Å²) in [4.78, 5) is 53.8. The number of nitrogens with zero attached hydrogens (tertiary/aromatic N) is 6. The molecular formula is C34H34Cl2FN10O5S2+. The van der Waals surface area contributed by atoms with Gasteiger partial charge < -0.3 is 36.6 Å². The molecule has 1 unspecified atom stereocenters. The fraction of sp³-hybridized carbons (Fsp3) is 0.324. The van der Waals surface area contributed by atoms with Gasteiger partial charge in [0.1, 0.15) is 51.4 Å². The summed E-state index contributed by atoms with van der Waals surface area (Å²) in [7, 11) is 1.24. The van der Waals surface area contributed by atoms with E-state index in [0.29, 0.717) is 11.1 Å². The molecule has 0 aliphatic carbocycles. The Bertz CT molecular complexity index is 2250. The van der Waals surface area contributed by atoms with Crippen LogP contribution in [0, 0.1) is 5.82 Å². The van der Waals surface area contributed by atoms with Crippen LogP contribution in [-0.4, -0.2) is 92.3 Å². The van der Waals surface area contributed by atoms with Crippen LogP contribution in [0.1, 0.15) is 29.7 Å². The Morgan fingerprint density at radius 2 is 2.11 bits per heavy atom. The predicted octanol–water partition coefficient (Wildman–Crippen LogP) is 2.71. The molecule has 3 aromatic heterocycles. The van der Waals surface area contributed by atoms with Gasteiger partial charge in [-0.2, -0.15) is 4.57 Å². The Kier molecular flexibility index (Phi) is 10.8. The number of carboxylic acids is 1. The second kappa shape index (κ2) is 15.5. The van der Waals surface area contributed by atoms with Gasteiger partial charge in [-0.05, 0) is 37.6 Å². The Morgan fingerprint density at radius 3 is 2.80 bits per heavy atom. The summed E-state index contributed by atoms with van der Waals surface area (Å²) < 4.78 is 19.3. The highest BCUT2D eigenvalue weighted by Gasteiger charge is 2.55. The molecule has 3 atom stereocenters. The Morgan fingerprint density at radius 1 is 1.30 bits per heavy atom. The van der Waals surface area contributed by atoms with Crippen molar-refractivity contribution >= 4 is 91.7 Å². The number of pyridine rings is 1. The average molecular weight is 817 g/mol. The molecule has 2 fully saturated rings. The number of nitrogens with one attached hydrogen (secondary N) is 2. The van der Waals surface area contributed by atoms with E-state index in [1.165, 1.54) is 29.8 Å². The highest BCUT2D eigenvalue weighted by Crippen LogP contribution is 2.40. The lowest BCUT2D eigenvalue weighted by molar-refractivity contribution is -0.687. The molecule has 4 aromatic rings. The molecular weight excluding hydrogens is 782 g/mol. The minimum atomic E-state index is -1.28. The minimum Gasteiger partial charge on any atom is -0.477 e. The van der Waals surface area contributed by atoms with E-state index in [-0.39, 0.29) is 67.9 Å². The number of aliphatic imine (C=N–C) groups is 1. The fourth-order valence-corrected chi connectivity index (χ4v) is 9.20. The molecule has 20 heteroatoms. The predicted molar refractivity (Wildman–Crippen MR) is 204 cm³/mol. The van der Waals surface area contributed by atoms with E-state index in [1.54, 1.807) is 16.8 Å². The monoisotopic (exact) mass is 815 g/mol. The molecule has 3 aliphatic heterocycles. The van der Waals surface area contributed by atoms with Crippen LogP contribution in [0.3, 0.4) is 0 Å². The van der Waals surface area contributed by atoms with E-state index in [0.717, 1.165) is 48.2 Å². The number of fused-ring (bicyclic) bond motifs is 2. The maximum atomic E-state index is 15.6. The molecule has 2 amide bonds. The Labute approximate surface area is 325 Å². The molecule has 7 rings (SSSR count). The van der Waals surface area contributed by atoms with Crippen molar-refractivity contribution in [3.8, 4) is 0 Å². The number of halogens is 3. The molecule has 1 aromatic carbocycles. The Balaban J connectivity index is 1.08. The van der Waals surface area contributed by atoms with E-state index >= 15 is 4.39 Å². The zero-order valence-electron chi connectivity index (χ0n) is 28.6. The smallest absolute Gasteiger partial charge is 0.352 e. The van der Waals surface area contributed by atoms with E-state index in [2.05, 4.69) is 25.8 Å². The van der Waals surface area contributed by atoms with Crippen LogP contribution in [0.4, 0.5) is 9.52 Å². The molecule has 2 saturated heterocycles. The number of β-lactam (4-membered cyclic amide) rings is 1. The summed E-state index contributed by atoms with van der Waals surface area (Å²) in [5, 5.41) is 20.4. The highest BCUT2D eigenvalue weighted by atomic mass is 35.5. The quantitative estimate of drug-likeness (QED) is 0.0492. The van der Waals surface area contributed by atoms with Gasteiger partial charge in [-0.1, -0.05) is 39.7 Å². The normalized spacial score (nSPS) is 20.6. The highest BCUT2D eigenvalue weighted by molar-refractivity contribution is 8.00. The van der Waals surface area contributed by atoms with Crippen molar-refractivity contribution in [2.75, 3.05) is 31.7 Å². The summed E-state index contributed by atoms with van der Waals surface area (Å²) in [6.07, 6.45) is 7.35. The number of nitrogens with two attached hydrogens (primary N) is 2. The number of benzene rings is 1. The zero-order chi connectivity index (χ0) is 38.3. The second-order valence-electron chi connectivity index (χ2n) is 12.7. The third-order valence-corrected chi connectivity index (χ3v) is 12.0. The lowest BCUT2D eigenvalue weighted by atomic mass is 10.0. The third kappa shape index (κ3) is 7.35. The van der Waals surface area contributed by atoms with Crippen molar-refractivity contribution in [3.05, 3.63) is 86.1 Å². The maximum Gasteiger partial charge on any atom is 0.352 e. The van der Waals surface area contributed by atoms with E-state index in [9.17, 15) is 19.5 Å². The number of carboxylic acid groups (broad SMARTS) is 1. The van der Waals surface area contributed by atoms with Gasteiger partial charge >= 0.3 is 5.97 Å². The molecule has 282 valence electrons. The number of carbonyl (C=O) groups excluding carboxylic acids is 2. The first-order chi connectivity index (χ1) is 25.9. The van der Waals surface area contributed by atoms with Crippen molar-refractivity contribution < 1.29 is 33.3 Å². The molecule has 3 aliphatic rings. The number of nitrogen functional groups attached to an aromatic ring is 1. The van der Waals surface area contributed by atoms with Crippen LogP contribution in [0.5, 0.6) is 0 Å². The number of anilines is 1. The molecule has 54 heavy (non-hydrogen) atoms. The number of oxime groups is 1. The van der Waals surface area contributed by atoms with Gasteiger partial charge in [0.25, 0.3) is 11.8 Å². The number of aliphatic carboxylic acids is 1. The summed E-state index contributed by atoms with van der Waals surface area (Å²) in [5.41, 5.74) is 13.5. The third-order valence-electron chi connectivity index (χ3n) is 9.26. The summed E-state index contributed by atoms with van der Waals surface area (Å²) >= 11 is 15.1. The lowest BCUT2D eigenvalue weighted by Gasteiger charge is -2.49. The van der Waals surface area contributed by atoms with Gasteiger partial charge in [-0.25, -0.2) is 14.2 Å². The van der Waals surface area contributed by atoms with Crippen molar-refractivity contribution in [2.45, 2.75) is 43.4 Å². The number of rotatable bonds is 11. The summed E-state index contributed by atoms with van der Waals surface area (Å²) in [5.74, 6) is -2.68. The number of carbonyl (C=O) groups is 3. The number of thiazole rings is 1. The molecule has 6 heterocycles. The maximum absolute atomic E-state index is 15.6. The van der Waals surface area contributed by atoms with Gasteiger partial charge in [0, 0.05) is 51.7 Å². The number of amidine groups is 1. The number of hydrogen-bond donors (Lipinski definition) is 5. The van der Waals surface area contributed by atoms with Gasteiger partial charge in [0.05, 0.1) is 12.6 Å². The van der Waals surface area contributed by atoms with Crippen LogP contribution in [0.25, 0.3) is 10.9 Å². The first-order valence-corrected chi connectivity index (χ1v) is 19.3. The molecule has 0 bridgehead atoms. The number of aromatic nitrogens is 3. The van der Waals surface area contributed by atoms with Crippen molar-refractivity contribution in [1.29, 1.82) is 0 Å². The number of thioether (sulfide) groups is 1. The van der Waals surface area contributed by atoms with E-state index < -0.39 is 35.0 Å². The van der Waals surface area contributed by atoms with Crippen LogP contribution in [0.15, 0.2) is 64.3 Å². The molecule has 0 spiro atoms. The van der Waals surface area contributed by atoms with Crippen LogP contribution in [0.2, 0.25) is 9.36 Å². The lowest BCUT2D eigenvalue weighted by Crippen LogP contribution is -2.71. The van der Waals surface area contributed by atoms with Crippen LogP contribution >= 0.6 is 46.3 Å². The molecule has 0 radical (unpaired) electrons. The summed E-state index contributed by atoms with van der Waals surface area (Å²) in [6.45, 7) is 1.93. The van der Waals surface area contributed by atoms with E-state index in [4.69, 9.17) is 39.5 Å². The first kappa shape index (κ1) is 37.6. The summed E-state index contributed by atoms with van der Waals surface area (Å²) in [6, 6.07) is 5.71. The largest absolute Gasteiger partial charge is 0.477 e. The molecule has 0 saturated carbocycles. The number of hydrogen-bond acceptors (Lipinski definition) is 11. The minimum absolute atomic E-state index is 0.00327. The molecule has 15 nitrogen and oxygen atoms in total. The van der Waals surface area contributed by atoms with Gasteiger partial charge in [-0.3, -0.25) is 19.5 Å². The van der Waals surface area contributed by atoms with Gasteiger partial charge in [-0.15, -0.1) is 11.8 Å². The van der Waals surface area contributed by atoms with E-state index in [1.807, 2.05) is 29.1 Å². The van der Waals surface area contributed by atoms with Crippen molar-refractivity contribution in [3.63, 3.8) is 0 Å². The van der Waals surface area contributed by atoms with Crippen molar-refractivity contribution in [2.24, 2.45) is 15.9 Å². The SMILES string of the molecule is CO/N=C(\C(=O)N[C@@H]1C(=O)N2C(C(=O)O)=C(C[n+]3ccc4ccn(Cc5c(F)cc(C(N)=NC6CCCNC6)cc5Cl)c4c3)CS[C@H]12)c1nc(N)sc1Cl. The van der Waals surface area contributed by atoms with Crippen molar-refractivity contribution in [1.82, 2.24) is 25.1 Å². The Hall–Kier alpha value is -4.75. The van der Waals surface area contributed by atoms with Crippen LogP contribution < -0.4 is 26.7 Å². The zero-order valence-corrected chi connectivity index (χ0v) is 31.7. The number of amides is 2. The van der Waals surface area contributed by atoms with Gasteiger partial charge in [0.2, 0.25) is 0 Å². The van der Waals surface area contributed by atoms with Crippen LogP contribution in [-0.2, 0) is 32.3 Å². The molecule has 7 N–H and O–H groups in total. The average Bonchev–Trinajstić information content (AvgIpc) is 3.71. The topological polar surface area (TPSA) is 206 Å². The fourth-order valence-electron chi connectivity index (χ4n) is 6.67. The second-order valence-corrected chi connectivity index (χ2v) is 15.9. The number of piperidine rings is 1.